The van der Waals surface area contributed by atoms with Crippen LogP contribution in [0.5, 0.6) is 17.2 Å². The van der Waals surface area contributed by atoms with Gasteiger partial charge in [-0.05, 0) is 36.4 Å². The Morgan fingerprint density at radius 1 is 0.828 bits per heavy atom. The van der Waals surface area contributed by atoms with E-state index in [2.05, 4.69) is 4.72 Å². The van der Waals surface area contributed by atoms with Crippen molar-refractivity contribution >= 4 is 21.9 Å². The first-order valence-electron chi connectivity index (χ1n) is 8.41. The van der Waals surface area contributed by atoms with E-state index in [9.17, 15) is 28.5 Å². The van der Waals surface area contributed by atoms with E-state index in [0.29, 0.717) is 0 Å². The molecule has 0 aromatic heterocycles. The average molecular weight is 411 g/mol. The summed E-state index contributed by atoms with van der Waals surface area (Å²) in [6.07, 6.45) is 1.13. The van der Waals surface area contributed by atoms with Gasteiger partial charge in [0.05, 0.1) is 10.6 Å². The summed E-state index contributed by atoms with van der Waals surface area (Å²) in [6, 6.07) is 16.6. The Morgan fingerprint density at radius 3 is 2.21 bits per heavy atom. The summed E-state index contributed by atoms with van der Waals surface area (Å²) in [5.41, 5.74) is -0.0830. The van der Waals surface area contributed by atoms with Gasteiger partial charge in [-0.3, -0.25) is 9.52 Å². The van der Waals surface area contributed by atoms with Crippen molar-refractivity contribution in [1.82, 2.24) is 4.72 Å². The molecule has 0 bridgehead atoms. The largest absolute Gasteiger partial charge is 0.508 e. The van der Waals surface area contributed by atoms with Crippen LogP contribution < -0.4 is 4.72 Å². The fourth-order valence-corrected chi connectivity index (χ4v) is 3.65. The summed E-state index contributed by atoms with van der Waals surface area (Å²) in [7, 11) is -4.22. The molecule has 0 aliphatic carbocycles. The smallest absolute Gasteiger partial charge is 0.262 e. The second-order valence-electron chi connectivity index (χ2n) is 6.10. The van der Waals surface area contributed by atoms with Crippen molar-refractivity contribution in [3.63, 3.8) is 0 Å². The van der Waals surface area contributed by atoms with E-state index >= 15 is 0 Å². The summed E-state index contributed by atoms with van der Waals surface area (Å²) in [4.78, 5) is 12.7. The molecule has 0 unspecified atom stereocenters. The van der Waals surface area contributed by atoms with Gasteiger partial charge in [0.1, 0.15) is 17.2 Å². The maximum atomic E-state index is 12.9. The Kier molecular flexibility index (Phi) is 5.56. The van der Waals surface area contributed by atoms with Crippen molar-refractivity contribution in [2.75, 3.05) is 0 Å². The molecule has 7 nitrogen and oxygen atoms in total. The van der Waals surface area contributed by atoms with Crippen LogP contribution in [0.15, 0.2) is 83.4 Å². The maximum absolute atomic E-state index is 12.9. The molecule has 0 heterocycles. The molecular weight excluding hydrogens is 394 g/mol. The highest BCUT2D eigenvalue weighted by atomic mass is 32.2. The number of sulfonamides is 1. The summed E-state index contributed by atoms with van der Waals surface area (Å²) in [6.45, 7) is 0. The zero-order valence-corrected chi connectivity index (χ0v) is 15.8. The lowest BCUT2D eigenvalue weighted by Gasteiger charge is -2.12. The van der Waals surface area contributed by atoms with Crippen LogP contribution in [0.2, 0.25) is 0 Å². The maximum Gasteiger partial charge on any atom is 0.262 e. The van der Waals surface area contributed by atoms with Crippen LogP contribution in [0.4, 0.5) is 0 Å². The molecule has 0 saturated heterocycles. The molecule has 0 amide bonds. The number of phenols is 3. The predicted molar refractivity (Wildman–Crippen MR) is 107 cm³/mol. The minimum atomic E-state index is -4.22. The molecule has 4 N–H and O–H groups in total. The second-order valence-corrected chi connectivity index (χ2v) is 7.78. The SMILES string of the molecule is O=C(C(=Cc1cc(O)ccc1O)NS(=O)(=O)c1cccc(O)c1)c1ccccc1. The van der Waals surface area contributed by atoms with Gasteiger partial charge >= 0.3 is 0 Å². The van der Waals surface area contributed by atoms with Gasteiger partial charge in [-0.15, -0.1) is 0 Å². The standard InChI is InChI=1S/C21H17NO6S/c23-16-7-4-8-18(13-16)29(27,28)22-19(21(26)14-5-2-1-3-6-14)12-15-11-17(24)9-10-20(15)25/h1-13,22-25H. The summed E-state index contributed by atoms with van der Waals surface area (Å²) in [5.74, 6) is -1.32. The number of phenolic OH excluding ortho intramolecular Hbond substituents is 3. The van der Waals surface area contributed by atoms with Gasteiger partial charge in [-0.25, -0.2) is 8.42 Å². The van der Waals surface area contributed by atoms with Crippen LogP contribution in [0, 0.1) is 0 Å². The first-order chi connectivity index (χ1) is 13.8. The van der Waals surface area contributed by atoms with Crippen molar-refractivity contribution in [3.05, 3.63) is 89.6 Å². The van der Waals surface area contributed by atoms with Gasteiger partial charge in [0.2, 0.25) is 5.78 Å². The number of benzene rings is 3. The summed E-state index contributed by atoms with van der Waals surface area (Å²) in [5, 5.41) is 29.2. The molecular formula is C21H17NO6S. The van der Waals surface area contributed by atoms with Crippen LogP contribution in [0.1, 0.15) is 15.9 Å². The Balaban J connectivity index is 2.09. The summed E-state index contributed by atoms with van der Waals surface area (Å²) >= 11 is 0. The van der Waals surface area contributed by atoms with Crippen molar-refractivity contribution in [3.8, 4) is 17.2 Å². The van der Waals surface area contributed by atoms with Crippen LogP contribution in [-0.2, 0) is 10.0 Å². The topological polar surface area (TPSA) is 124 Å². The first-order valence-corrected chi connectivity index (χ1v) is 9.90. The number of nitrogens with one attached hydrogen (secondary N) is 1. The molecule has 3 aromatic carbocycles. The lowest BCUT2D eigenvalue weighted by atomic mass is 10.1. The molecule has 0 atom stereocenters. The normalized spacial score (nSPS) is 11.8. The van der Waals surface area contributed by atoms with E-state index in [-0.39, 0.29) is 39.0 Å². The van der Waals surface area contributed by atoms with Gasteiger partial charge in [0.25, 0.3) is 10.0 Å². The number of ketones is 1. The molecule has 0 aliphatic heterocycles. The number of aromatic hydroxyl groups is 3. The van der Waals surface area contributed by atoms with Crippen molar-refractivity contribution < 1.29 is 28.5 Å². The molecule has 0 radical (unpaired) electrons. The number of hydrogen-bond donors (Lipinski definition) is 4. The zero-order valence-electron chi connectivity index (χ0n) is 15.0. The fourth-order valence-electron chi connectivity index (χ4n) is 2.55. The molecule has 3 aromatic rings. The van der Waals surface area contributed by atoms with E-state index in [1.807, 2.05) is 0 Å². The highest BCUT2D eigenvalue weighted by Crippen LogP contribution is 2.26. The highest BCUT2D eigenvalue weighted by Gasteiger charge is 2.21. The predicted octanol–water partition coefficient (Wildman–Crippen LogP) is 3.01. The van der Waals surface area contributed by atoms with Crippen molar-refractivity contribution in [2.45, 2.75) is 4.90 Å². The van der Waals surface area contributed by atoms with E-state index in [4.69, 9.17) is 0 Å². The van der Waals surface area contributed by atoms with Crippen molar-refractivity contribution in [1.29, 1.82) is 0 Å². The summed E-state index contributed by atoms with van der Waals surface area (Å²) < 4.78 is 27.7. The van der Waals surface area contributed by atoms with Gasteiger partial charge in [0.15, 0.2) is 0 Å². The molecule has 0 fully saturated rings. The number of carbonyl (C=O) groups excluding carboxylic acids is 1. The van der Waals surface area contributed by atoms with E-state index in [0.717, 1.165) is 12.1 Å². The van der Waals surface area contributed by atoms with E-state index < -0.39 is 15.8 Å². The van der Waals surface area contributed by atoms with Crippen molar-refractivity contribution in [2.24, 2.45) is 0 Å². The van der Waals surface area contributed by atoms with Gasteiger partial charge in [0, 0.05) is 17.2 Å². The van der Waals surface area contributed by atoms with Gasteiger partial charge in [-0.1, -0.05) is 36.4 Å². The number of rotatable bonds is 6. The number of allylic oxidation sites excluding steroid dienone is 1. The van der Waals surface area contributed by atoms with Gasteiger partial charge in [-0.2, -0.15) is 0 Å². The number of carbonyl (C=O) groups is 1. The zero-order chi connectivity index (χ0) is 21.0. The Labute approximate surface area is 167 Å². The molecule has 0 spiro atoms. The fraction of sp³-hybridized carbons (Fsp3) is 0. The monoisotopic (exact) mass is 411 g/mol. The lowest BCUT2D eigenvalue weighted by molar-refractivity contribution is 0.103. The molecule has 29 heavy (non-hydrogen) atoms. The Hall–Kier alpha value is -3.78. The molecule has 8 heteroatoms. The molecule has 0 aliphatic rings. The van der Waals surface area contributed by atoms with E-state index in [1.54, 1.807) is 18.2 Å². The van der Waals surface area contributed by atoms with Crippen LogP contribution in [-0.4, -0.2) is 29.5 Å². The third kappa shape index (κ3) is 4.74. The molecule has 3 rings (SSSR count). The molecule has 148 valence electrons. The van der Waals surface area contributed by atoms with Crippen LogP contribution in [0.25, 0.3) is 6.08 Å². The molecule has 0 saturated carbocycles. The number of hydrogen-bond acceptors (Lipinski definition) is 6. The third-order valence-electron chi connectivity index (χ3n) is 3.96. The van der Waals surface area contributed by atoms with Crippen LogP contribution >= 0.6 is 0 Å². The Bertz CT molecular complexity index is 1190. The minimum absolute atomic E-state index is 0.0443. The number of Topliss-reactive ketones (excluding diaryl/α,β-unsaturated/α-hetero) is 1. The second kappa shape index (κ2) is 8.07. The lowest BCUT2D eigenvalue weighted by Crippen LogP contribution is -2.27. The highest BCUT2D eigenvalue weighted by molar-refractivity contribution is 7.89. The quantitative estimate of drug-likeness (QED) is 0.281. The minimum Gasteiger partial charge on any atom is -0.508 e. The van der Waals surface area contributed by atoms with Gasteiger partial charge < -0.3 is 15.3 Å². The van der Waals surface area contributed by atoms with Crippen LogP contribution in [0.3, 0.4) is 0 Å². The Morgan fingerprint density at radius 2 is 1.52 bits per heavy atom. The van der Waals surface area contributed by atoms with E-state index in [1.165, 1.54) is 48.5 Å². The third-order valence-corrected chi connectivity index (χ3v) is 5.33. The first kappa shape index (κ1) is 20.0. The average Bonchev–Trinajstić information content (AvgIpc) is 2.70.